The van der Waals surface area contributed by atoms with Crippen molar-refractivity contribution in [3.8, 4) is 0 Å². The summed E-state index contributed by atoms with van der Waals surface area (Å²) in [6.45, 7) is 4.33. The number of aliphatic hydroxyl groups excluding tert-OH is 1. The molecule has 0 saturated carbocycles. The molecule has 4 rings (SSSR count). The molecule has 3 aromatic heterocycles. The number of nitrogens with zero attached hydrogens (tertiary/aromatic N) is 8. The number of fused-ring (bicyclic) bond motifs is 1. The van der Waals surface area contributed by atoms with Gasteiger partial charge in [-0.2, -0.15) is 10.1 Å². The largest absolute Gasteiger partial charge is 0.379 e. The Kier molecular flexibility index (Phi) is 4.76. The molecule has 0 bridgehead atoms. The Bertz CT molecular complexity index is 976. The smallest absolute Gasteiger partial charge is 0.227 e. The van der Waals surface area contributed by atoms with Crippen LogP contribution in [0.4, 0.5) is 11.8 Å². The molecule has 4 heterocycles. The molecule has 0 fully saturated rings. The summed E-state index contributed by atoms with van der Waals surface area (Å²) in [7, 11) is 5.77. The molecule has 148 valence electrons. The van der Waals surface area contributed by atoms with Gasteiger partial charge in [-0.1, -0.05) is 6.92 Å². The van der Waals surface area contributed by atoms with Gasteiger partial charge in [0.05, 0.1) is 24.5 Å². The molecule has 0 aromatic carbocycles. The third-order valence-electron chi connectivity index (χ3n) is 5.04. The van der Waals surface area contributed by atoms with Crippen molar-refractivity contribution in [2.24, 2.45) is 7.05 Å². The first-order chi connectivity index (χ1) is 13.5. The van der Waals surface area contributed by atoms with Crippen LogP contribution in [0.2, 0.25) is 0 Å². The van der Waals surface area contributed by atoms with E-state index in [1.807, 2.05) is 47.6 Å². The van der Waals surface area contributed by atoms with Crippen molar-refractivity contribution in [2.45, 2.75) is 32.5 Å². The first kappa shape index (κ1) is 18.4. The van der Waals surface area contributed by atoms with Gasteiger partial charge in [0.25, 0.3) is 0 Å². The first-order valence-electron chi connectivity index (χ1n) is 9.48. The predicted molar refractivity (Wildman–Crippen MR) is 106 cm³/mol. The first-order valence-corrected chi connectivity index (χ1v) is 9.48. The number of imidazole rings is 1. The van der Waals surface area contributed by atoms with Crippen LogP contribution >= 0.6 is 0 Å². The van der Waals surface area contributed by atoms with Crippen LogP contribution in [0, 0.1) is 0 Å². The van der Waals surface area contributed by atoms with E-state index < -0.39 is 6.10 Å². The molecule has 9 nitrogen and oxygen atoms in total. The molecule has 1 aliphatic rings. The van der Waals surface area contributed by atoms with E-state index in [9.17, 15) is 5.11 Å². The number of rotatable bonds is 5. The van der Waals surface area contributed by atoms with Gasteiger partial charge >= 0.3 is 0 Å². The Morgan fingerprint density at radius 3 is 2.71 bits per heavy atom. The van der Waals surface area contributed by atoms with Crippen molar-refractivity contribution in [1.29, 1.82) is 0 Å². The average molecular weight is 382 g/mol. The second-order valence-corrected chi connectivity index (χ2v) is 7.27. The van der Waals surface area contributed by atoms with Gasteiger partial charge in [0.15, 0.2) is 6.10 Å². The normalized spacial score (nSPS) is 14.8. The van der Waals surface area contributed by atoms with Crippen molar-refractivity contribution < 1.29 is 5.11 Å². The molecule has 0 saturated heterocycles. The molecular weight excluding hydrogens is 356 g/mol. The van der Waals surface area contributed by atoms with Crippen LogP contribution in [0.1, 0.15) is 35.9 Å². The molecule has 0 unspecified atom stereocenters. The molecule has 28 heavy (non-hydrogen) atoms. The molecule has 1 atom stereocenters. The zero-order valence-electron chi connectivity index (χ0n) is 16.7. The molecule has 0 amide bonds. The molecule has 3 aromatic rings. The van der Waals surface area contributed by atoms with Crippen LogP contribution in [-0.2, 0) is 26.6 Å². The zero-order chi connectivity index (χ0) is 19.8. The highest BCUT2D eigenvalue weighted by Crippen LogP contribution is 2.25. The standard InChI is InChI=1S/C19H26N8O/c1-5-13-10-16(22-19(21-13)24(2)3)26-8-9-27-14(12-26)11-15(23-27)17(28)18-20-6-7-25(18)4/h6-7,10-11,17,28H,5,8-9,12H2,1-4H3/t17-/m1/s1. The highest BCUT2D eigenvalue weighted by atomic mass is 16.3. The minimum absolute atomic E-state index is 0.589. The quantitative estimate of drug-likeness (QED) is 0.708. The number of hydrogen-bond acceptors (Lipinski definition) is 7. The topological polar surface area (TPSA) is 88.1 Å². The van der Waals surface area contributed by atoms with E-state index in [-0.39, 0.29) is 0 Å². The summed E-state index contributed by atoms with van der Waals surface area (Å²) in [6.07, 6.45) is 3.53. The summed E-state index contributed by atoms with van der Waals surface area (Å²) in [5, 5.41) is 15.3. The maximum Gasteiger partial charge on any atom is 0.227 e. The minimum atomic E-state index is -0.836. The Labute approximate surface area is 164 Å². The lowest BCUT2D eigenvalue weighted by atomic mass is 10.2. The van der Waals surface area contributed by atoms with Gasteiger partial charge in [-0.15, -0.1) is 0 Å². The summed E-state index contributed by atoms with van der Waals surface area (Å²) in [5.74, 6) is 2.24. The average Bonchev–Trinajstić information content (AvgIpc) is 3.32. The number of hydrogen-bond donors (Lipinski definition) is 1. The van der Waals surface area contributed by atoms with E-state index in [1.54, 1.807) is 6.20 Å². The van der Waals surface area contributed by atoms with Gasteiger partial charge in [-0.05, 0) is 12.5 Å². The van der Waals surface area contributed by atoms with Crippen LogP contribution in [0.5, 0.6) is 0 Å². The molecule has 9 heteroatoms. The lowest BCUT2D eigenvalue weighted by Gasteiger charge is -2.29. The Morgan fingerprint density at radius 1 is 1.21 bits per heavy atom. The van der Waals surface area contributed by atoms with E-state index in [0.717, 1.165) is 42.7 Å². The molecule has 0 radical (unpaired) electrons. The van der Waals surface area contributed by atoms with Gasteiger partial charge < -0.3 is 19.5 Å². The maximum atomic E-state index is 10.7. The third kappa shape index (κ3) is 3.33. The Hall–Kier alpha value is -2.94. The van der Waals surface area contributed by atoms with Crippen molar-refractivity contribution in [3.05, 3.63) is 47.4 Å². The SMILES string of the molecule is CCc1cc(N2CCn3nc([C@@H](O)c4nccn4C)cc3C2)nc(N(C)C)n1. The van der Waals surface area contributed by atoms with E-state index >= 15 is 0 Å². The molecule has 1 aliphatic heterocycles. The van der Waals surface area contributed by atoms with E-state index in [0.29, 0.717) is 18.1 Å². The minimum Gasteiger partial charge on any atom is -0.379 e. The van der Waals surface area contributed by atoms with Crippen molar-refractivity contribution >= 4 is 11.8 Å². The second kappa shape index (κ2) is 7.23. The van der Waals surface area contributed by atoms with Crippen molar-refractivity contribution in [3.63, 3.8) is 0 Å². The van der Waals surface area contributed by atoms with E-state index in [1.165, 1.54) is 0 Å². The molecule has 1 N–H and O–H groups in total. The zero-order valence-corrected chi connectivity index (χ0v) is 16.7. The molecule has 0 spiro atoms. The van der Waals surface area contributed by atoms with Crippen LogP contribution in [0.3, 0.4) is 0 Å². The summed E-state index contributed by atoms with van der Waals surface area (Å²) >= 11 is 0. The number of aryl methyl sites for hydroxylation is 2. The maximum absolute atomic E-state index is 10.7. The summed E-state index contributed by atoms with van der Waals surface area (Å²) in [4.78, 5) is 17.7. The van der Waals surface area contributed by atoms with E-state index in [4.69, 9.17) is 4.98 Å². The van der Waals surface area contributed by atoms with Crippen LogP contribution < -0.4 is 9.80 Å². The van der Waals surface area contributed by atoms with Gasteiger partial charge in [0.1, 0.15) is 11.6 Å². The Balaban J connectivity index is 1.60. The fraction of sp³-hybridized carbons (Fsp3) is 0.474. The lowest BCUT2D eigenvalue weighted by Crippen LogP contribution is -2.34. The fourth-order valence-electron chi connectivity index (χ4n) is 3.40. The molecular formula is C19H26N8O. The lowest BCUT2D eigenvalue weighted by molar-refractivity contribution is 0.200. The van der Waals surface area contributed by atoms with Crippen LogP contribution in [0.15, 0.2) is 24.5 Å². The van der Waals surface area contributed by atoms with Gasteiger partial charge in [-0.25, -0.2) is 9.97 Å². The molecule has 0 aliphatic carbocycles. The number of aliphatic hydroxyl groups is 1. The second-order valence-electron chi connectivity index (χ2n) is 7.27. The third-order valence-corrected chi connectivity index (χ3v) is 5.04. The van der Waals surface area contributed by atoms with Gasteiger partial charge in [0, 0.05) is 51.8 Å². The Morgan fingerprint density at radius 2 is 2.04 bits per heavy atom. The highest BCUT2D eigenvalue weighted by Gasteiger charge is 2.25. The van der Waals surface area contributed by atoms with E-state index in [2.05, 4.69) is 33.0 Å². The van der Waals surface area contributed by atoms with Crippen LogP contribution in [-0.4, -0.2) is 55.0 Å². The number of aromatic nitrogens is 6. The van der Waals surface area contributed by atoms with Crippen molar-refractivity contribution in [1.82, 2.24) is 29.3 Å². The predicted octanol–water partition coefficient (Wildman–Crippen LogP) is 1.14. The number of anilines is 2. The summed E-state index contributed by atoms with van der Waals surface area (Å²) < 4.78 is 3.78. The van der Waals surface area contributed by atoms with Gasteiger partial charge in [-0.3, -0.25) is 4.68 Å². The monoisotopic (exact) mass is 382 g/mol. The summed E-state index contributed by atoms with van der Waals surface area (Å²) in [5.41, 5.74) is 2.70. The fourth-order valence-corrected chi connectivity index (χ4v) is 3.40. The van der Waals surface area contributed by atoms with Crippen LogP contribution in [0.25, 0.3) is 0 Å². The highest BCUT2D eigenvalue weighted by molar-refractivity contribution is 5.46. The summed E-state index contributed by atoms with van der Waals surface area (Å²) in [6, 6.07) is 4.02. The van der Waals surface area contributed by atoms with Gasteiger partial charge in [0.2, 0.25) is 5.95 Å². The van der Waals surface area contributed by atoms with Crippen molar-refractivity contribution in [2.75, 3.05) is 30.4 Å².